The van der Waals surface area contributed by atoms with Crippen LogP contribution in [0.15, 0.2) is 60.7 Å². The van der Waals surface area contributed by atoms with E-state index in [1.54, 1.807) is 0 Å². The molecule has 1 fully saturated rings. The van der Waals surface area contributed by atoms with Crippen LogP contribution in [0.5, 0.6) is 0 Å². The summed E-state index contributed by atoms with van der Waals surface area (Å²) < 4.78 is 0. The molecule has 3 rings (SSSR count). The van der Waals surface area contributed by atoms with Crippen LogP contribution < -0.4 is 0 Å². The van der Waals surface area contributed by atoms with E-state index in [9.17, 15) is 10.2 Å². The number of benzene rings is 2. The third-order valence-corrected chi connectivity index (χ3v) is 4.79. The van der Waals surface area contributed by atoms with Gasteiger partial charge in [0.05, 0.1) is 11.7 Å². The monoisotopic (exact) mass is 297 g/mol. The van der Waals surface area contributed by atoms with E-state index in [0.717, 1.165) is 17.7 Å². The Morgan fingerprint density at radius 1 is 1.05 bits per heavy atom. The fraction of sp³-hybridized carbons (Fsp3) is 0.368. The predicted octanol–water partition coefficient (Wildman–Crippen LogP) is 2.56. The molecule has 3 unspecified atom stereocenters. The third kappa shape index (κ3) is 2.80. The van der Waals surface area contributed by atoms with Crippen molar-refractivity contribution in [2.75, 3.05) is 20.1 Å². The Kier molecular flexibility index (Phi) is 4.30. The first kappa shape index (κ1) is 15.2. The maximum atomic E-state index is 11.4. The molecule has 1 aliphatic heterocycles. The molecule has 2 aromatic rings. The summed E-state index contributed by atoms with van der Waals surface area (Å²) in [6.07, 6.45) is -0.0589. The first-order valence-corrected chi connectivity index (χ1v) is 7.81. The highest BCUT2D eigenvalue weighted by Gasteiger charge is 2.45. The molecule has 22 heavy (non-hydrogen) atoms. The number of nitrogens with zero attached hydrogens (tertiary/aromatic N) is 1. The van der Waals surface area contributed by atoms with Gasteiger partial charge in [0.25, 0.3) is 0 Å². The Bertz CT molecular complexity index is 601. The predicted molar refractivity (Wildman–Crippen MR) is 87.3 cm³/mol. The number of hydrogen-bond acceptors (Lipinski definition) is 3. The van der Waals surface area contributed by atoms with Crippen LogP contribution in [0.1, 0.15) is 23.7 Å². The van der Waals surface area contributed by atoms with Crippen molar-refractivity contribution in [3.05, 3.63) is 71.8 Å². The third-order valence-electron chi connectivity index (χ3n) is 4.79. The summed E-state index contributed by atoms with van der Waals surface area (Å²) in [4.78, 5) is 2.17. The van der Waals surface area contributed by atoms with Crippen molar-refractivity contribution in [2.24, 2.45) is 5.92 Å². The summed E-state index contributed by atoms with van der Waals surface area (Å²) in [5, 5.41) is 22.2. The highest BCUT2D eigenvalue weighted by molar-refractivity contribution is 5.27. The lowest BCUT2D eigenvalue weighted by Gasteiger charge is -2.46. The van der Waals surface area contributed by atoms with Gasteiger partial charge in [-0.25, -0.2) is 0 Å². The van der Waals surface area contributed by atoms with Gasteiger partial charge in [0.1, 0.15) is 0 Å². The number of aliphatic hydroxyl groups excluding tert-OH is 1. The van der Waals surface area contributed by atoms with E-state index in [1.807, 2.05) is 67.7 Å². The highest BCUT2D eigenvalue weighted by atomic mass is 16.3. The van der Waals surface area contributed by atoms with Crippen LogP contribution in [0.2, 0.25) is 0 Å². The van der Waals surface area contributed by atoms with Crippen LogP contribution in [0.25, 0.3) is 0 Å². The molecule has 116 valence electrons. The fourth-order valence-electron chi connectivity index (χ4n) is 3.45. The van der Waals surface area contributed by atoms with Crippen LogP contribution in [-0.2, 0) is 5.60 Å². The van der Waals surface area contributed by atoms with E-state index in [4.69, 9.17) is 0 Å². The molecule has 3 atom stereocenters. The van der Waals surface area contributed by atoms with Gasteiger partial charge in [0, 0.05) is 19.0 Å². The summed E-state index contributed by atoms with van der Waals surface area (Å²) in [5.41, 5.74) is 0.753. The second kappa shape index (κ2) is 6.21. The second-order valence-corrected chi connectivity index (χ2v) is 6.26. The lowest BCUT2D eigenvalue weighted by molar-refractivity contribution is -0.118. The summed E-state index contributed by atoms with van der Waals surface area (Å²) in [7, 11) is 2.04. The molecule has 1 saturated heterocycles. The minimum absolute atomic E-state index is 0.254. The summed E-state index contributed by atoms with van der Waals surface area (Å²) >= 11 is 0. The van der Waals surface area contributed by atoms with Gasteiger partial charge in [0.2, 0.25) is 0 Å². The SMILES string of the molecule is CN1CCC(O)(c2ccccc2)C(C(O)c2ccccc2)C1. The van der Waals surface area contributed by atoms with Crippen LogP contribution in [0.4, 0.5) is 0 Å². The maximum Gasteiger partial charge on any atom is 0.0977 e. The smallest absolute Gasteiger partial charge is 0.0977 e. The lowest BCUT2D eigenvalue weighted by Crippen LogP contribution is -2.51. The maximum absolute atomic E-state index is 11.4. The van der Waals surface area contributed by atoms with Gasteiger partial charge in [-0.3, -0.25) is 0 Å². The van der Waals surface area contributed by atoms with Crippen molar-refractivity contribution in [1.82, 2.24) is 4.90 Å². The van der Waals surface area contributed by atoms with Crippen molar-refractivity contribution in [1.29, 1.82) is 0 Å². The first-order valence-electron chi connectivity index (χ1n) is 7.81. The first-order chi connectivity index (χ1) is 10.6. The molecule has 0 spiro atoms. The van der Waals surface area contributed by atoms with Crippen LogP contribution in [-0.4, -0.2) is 35.3 Å². The largest absolute Gasteiger partial charge is 0.388 e. The van der Waals surface area contributed by atoms with Crippen LogP contribution >= 0.6 is 0 Å². The van der Waals surface area contributed by atoms with E-state index in [-0.39, 0.29) is 5.92 Å². The highest BCUT2D eigenvalue weighted by Crippen LogP contribution is 2.43. The molecule has 0 bridgehead atoms. The molecule has 0 amide bonds. The Hall–Kier alpha value is -1.68. The normalized spacial score (nSPS) is 27.5. The van der Waals surface area contributed by atoms with E-state index in [1.165, 1.54) is 0 Å². The van der Waals surface area contributed by atoms with Crippen molar-refractivity contribution in [3.63, 3.8) is 0 Å². The molecule has 2 N–H and O–H groups in total. The number of piperidine rings is 1. The van der Waals surface area contributed by atoms with Gasteiger partial charge in [-0.1, -0.05) is 60.7 Å². The molecule has 0 radical (unpaired) electrons. The van der Waals surface area contributed by atoms with Gasteiger partial charge in [-0.15, -0.1) is 0 Å². The van der Waals surface area contributed by atoms with Crippen LogP contribution in [0, 0.1) is 5.92 Å². The molecule has 3 heteroatoms. The molecular weight excluding hydrogens is 274 g/mol. The van der Waals surface area contributed by atoms with Gasteiger partial charge < -0.3 is 15.1 Å². The lowest BCUT2D eigenvalue weighted by atomic mass is 9.72. The summed E-state index contributed by atoms with van der Waals surface area (Å²) in [5.74, 6) is -0.254. The molecule has 0 saturated carbocycles. The zero-order valence-electron chi connectivity index (χ0n) is 12.9. The minimum Gasteiger partial charge on any atom is -0.388 e. The average Bonchev–Trinajstić information content (AvgIpc) is 2.58. The Morgan fingerprint density at radius 2 is 1.64 bits per heavy atom. The van der Waals surface area contributed by atoms with E-state index in [0.29, 0.717) is 13.0 Å². The molecular formula is C19H23NO2. The zero-order chi connectivity index (χ0) is 15.6. The number of hydrogen-bond donors (Lipinski definition) is 2. The Labute approximate surface area is 131 Å². The van der Waals surface area contributed by atoms with Crippen molar-refractivity contribution in [2.45, 2.75) is 18.1 Å². The van der Waals surface area contributed by atoms with Crippen molar-refractivity contribution < 1.29 is 10.2 Å². The average molecular weight is 297 g/mol. The number of aliphatic hydroxyl groups is 2. The Balaban J connectivity index is 1.97. The standard InChI is InChI=1S/C19H23NO2/c1-20-13-12-19(22,16-10-6-3-7-11-16)17(14-20)18(21)15-8-4-2-5-9-15/h2-11,17-18,21-22H,12-14H2,1H3. The zero-order valence-corrected chi connectivity index (χ0v) is 12.9. The second-order valence-electron chi connectivity index (χ2n) is 6.26. The number of likely N-dealkylation sites (tertiary alicyclic amines) is 1. The molecule has 2 aromatic carbocycles. The fourth-order valence-corrected chi connectivity index (χ4v) is 3.45. The van der Waals surface area contributed by atoms with Gasteiger partial charge in [0.15, 0.2) is 0 Å². The van der Waals surface area contributed by atoms with Gasteiger partial charge in [-0.2, -0.15) is 0 Å². The number of rotatable bonds is 3. The molecule has 3 nitrogen and oxygen atoms in total. The topological polar surface area (TPSA) is 43.7 Å². The molecule has 1 heterocycles. The van der Waals surface area contributed by atoms with Crippen LogP contribution in [0.3, 0.4) is 0 Å². The summed E-state index contributed by atoms with van der Waals surface area (Å²) in [6, 6.07) is 19.4. The van der Waals surface area contributed by atoms with Crippen molar-refractivity contribution in [3.8, 4) is 0 Å². The van der Waals surface area contributed by atoms with E-state index < -0.39 is 11.7 Å². The Morgan fingerprint density at radius 3 is 2.27 bits per heavy atom. The molecule has 0 aromatic heterocycles. The van der Waals surface area contributed by atoms with Crippen molar-refractivity contribution >= 4 is 0 Å². The van der Waals surface area contributed by atoms with E-state index >= 15 is 0 Å². The van der Waals surface area contributed by atoms with Gasteiger partial charge in [-0.05, 0) is 24.6 Å². The summed E-state index contributed by atoms with van der Waals surface area (Å²) in [6.45, 7) is 1.49. The van der Waals surface area contributed by atoms with Gasteiger partial charge >= 0.3 is 0 Å². The molecule has 0 aliphatic carbocycles. The van der Waals surface area contributed by atoms with E-state index in [2.05, 4.69) is 4.90 Å². The quantitative estimate of drug-likeness (QED) is 0.915. The molecule has 1 aliphatic rings. The minimum atomic E-state index is -0.997.